The number of rotatable bonds is 9. The summed E-state index contributed by atoms with van der Waals surface area (Å²) in [5.74, 6) is -0.359. The normalized spacial score (nSPS) is 38.6. The van der Waals surface area contributed by atoms with E-state index in [4.69, 9.17) is 0 Å². The maximum atomic E-state index is 10.7. The molecule has 2 rings (SSSR count). The van der Waals surface area contributed by atoms with Crippen LogP contribution >= 0.6 is 0 Å². The molecule has 5 heteroatoms. The maximum absolute atomic E-state index is 10.7. The Labute approximate surface area is 134 Å². The molecule has 2 saturated heterocycles. The highest BCUT2D eigenvalue weighted by molar-refractivity contribution is 5.09. The van der Waals surface area contributed by atoms with Crippen molar-refractivity contribution in [2.24, 2.45) is 5.92 Å². The minimum Gasteiger partial charge on any atom is -0.396 e. The first-order valence-corrected chi connectivity index (χ1v) is 9.02. The lowest BCUT2D eigenvalue weighted by Gasteiger charge is -2.49. The molecule has 0 aliphatic carbocycles. The lowest BCUT2D eigenvalue weighted by atomic mass is 9.84. The molecular weight excluding hydrogens is 282 g/mol. The fourth-order valence-corrected chi connectivity index (χ4v) is 4.27. The Hall–Kier alpha value is -0.200. The Balaban J connectivity index is 1.82. The summed E-state index contributed by atoms with van der Waals surface area (Å²) in [6, 6.07) is -0.0199. The standard InChI is InChI=1S/C17H33NO4/c1-2-3-4-5-6-7-8-11-18-14-9-10-17(18,22)16(21)15(20)13(14)12-19/h13-16,19-22H,2-12H2,1H3/t13-,14+,15+,16-,17+/m0/s1. The van der Waals surface area contributed by atoms with Crippen LogP contribution in [-0.4, -0.2) is 62.5 Å². The molecule has 5 nitrogen and oxygen atoms in total. The van der Waals surface area contributed by atoms with Crippen LogP contribution in [0.25, 0.3) is 0 Å². The largest absolute Gasteiger partial charge is 0.396 e. The molecule has 0 radical (unpaired) electrons. The lowest BCUT2D eigenvalue weighted by Crippen LogP contribution is -2.67. The Kier molecular flexibility index (Phi) is 6.65. The van der Waals surface area contributed by atoms with Gasteiger partial charge in [-0.05, 0) is 19.3 Å². The predicted molar refractivity (Wildman–Crippen MR) is 85.3 cm³/mol. The van der Waals surface area contributed by atoms with Crippen LogP contribution in [0.1, 0.15) is 64.7 Å². The number of unbranched alkanes of at least 4 members (excludes halogenated alkanes) is 6. The maximum Gasteiger partial charge on any atom is 0.147 e. The average molecular weight is 315 g/mol. The summed E-state index contributed by atoms with van der Waals surface area (Å²) in [5.41, 5.74) is -1.31. The van der Waals surface area contributed by atoms with Gasteiger partial charge in [0.15, 0.2) is 0 Å². The molecule has 0 aromatic heterocycles. The Bertz CT molecular complexity index is 339. The minimum absolute atomic E-state index is 0.0199. The van der Waals surface area contributed by atoms with Crippen molar-refractivity contribution in [1.82, 2.24) is 4.90 Å². The predicted octanol–water partition coefficient (Wildman–Crippen LogP) is 1.23. The summed E-state index contributed by atoms with van der Waals surface area (Å²) in [6.07, 6.45) is 7.44. The number of aliphatic hydroxyl groups excluding tert-OH is 3. The van der Waals surface area contributed by atoms with Gasteiger partial charge >= 0.3 is 0 Å². The van der Waals surface area contributed by atoms with Gasteiger partial charge in [-0.3, -0.25) is 4.90 Å². The van der Waals surface area contributed by atoms with E-state index < -0.39 is 17.9 Å². The number of aliphatic hydroxyl groups is 4. The second-order valence-corrected chi connectivity index (χ2v) is 7.08. The Morgan fingerprint density at radius 1 is 1.05 bits per heavy atom. The molecule has 2 heterocycles. The number of nitrogens with zero attached hydrogens (tertiary/aromatic N) is 1. The molecule has 0 unspecified atom stereocenters. The number of fused-ring (bicyclic) bond motifs is 2. The van der Waals surface area contributed by atoms with Crippen molar-refractivity contribution in [2.45, 2.75) is 88.7 Å². The van der Waals surface area contributed by atoms with Crippen LogP contribution in [-0.2, 0) is 0 Å². The van der Waals surface area contributed by atoms with E-state index >= 15 is 0 Å². The first-order chi connectivity index (χ1) is 10.6. The summed E-state index contributed by atoms with van der Waals surface area (Å²) in [5, 5.41) is 40.6. The van der Waals surface area contributed by atoms with Gasteiger partial charge in [-0.1, -0.05) is 45.4 Å². The van der Waals surface area contributed by atoms with Crippen LogP contribution in [0.3, 0.4) is 0 Å². The van der Waals surface area contributed by atoms with Crippen LogP contribution < -0.4 is 0 Å². The lowest BCUT2D eigenvalue weighted by molar-refractivity contribution is -0.242. The Morgan fingerprint density at radius 2 is 1.68 bits per heavy atom. The number of hydrogen-bond acceptors (Lipinski definition) is 5. The van der Waals surface area contributed by atoms with E-state index in [1.807, 2.05) is 4.90 Å². The van der Waals surface area contributed by atoms with Crippen LogP contribution in [0.2, 0.25) is 0 Å². The minimum atomic E-state index is -1.31. The molecule has 4 N–H and O–H groups in total. The second kappa shape index (κ2) is 8.06. The van der Waals surface area contributed by atoms with E-state index in [2.05, 4.69) is 6.92 Å². The zero-order valence-corrected chi connectivity index (χ0v) is 13.8. The van der Waals surface area contributed by atoms with E-state index in [0.717, 1.165) is 25.8 Å². The third-order valence-electron chi connectivity index (χ3n) is 5.65. The Morgan fingerprint density at radius 3 is 2.32 bits per heavy atom. The van der Waals surface area contributed by atoms with E-state index in [1.165, 1.54) is 32.1 Å². The molecule has 0 aromatic carbocycles. The first-order valence-electron chi connectivity index (χ1n) is 9.02. The first kappa shape index (κ1) is 18.1. The second-order valence-electron chi connectivity index (χ2n) is 7.08. The molecule has 0 amide bonds. The van der Waals surface area contributed by atoms with Gasteiger partial charge in [0.05, 0.1) is 6.10 Å². The molecule has 0 saturated carbocycles. The molecule has 0 aromatic rings. The van der Waals surface area contributed by atoms with Crippen molar-refractivity contribution in [2.75, 3.05) is 13.2 Å². The summed E-state index contributed by atoms with van der Waals surface area (Å²) >= 11 is 0. The van der Waals surface area contributed by atoms with E-state index in [-0.39, 0.29) is 18.6 Å². The molecule has 130 valence electrons. The van der Waals surface area contributed by atoms with Gasteiger partial charge < -0.3 is 20.4 Å². The molecule has 22 heavy (non-hydrogen) atoms. The molecule has 5 atom stereocenters. The monoisotopic (exact) mass is 315 g/mol. The van der Waals surface area contributed by atoms with Crippen molar-refractivity contribution in [3.63, 3.8) is 0 Å². The third kappa shape index (κ3) is 3.49. The summed E-state index contributed by atoms with van der Waals surface area (Å²) in [6.45, 7) is 2.80. The molecule has 0 spiro atoms. The smallest absolute Gasteiger partial charge is 0.147 e. The van der Waals surface area contributed by atoms with Crippen molar-refractivity contribution in [1.29, 1.82) is 0 Å². The van der Waals surface area contributed by atoms with Crippen LogP contribution in [0.5, 0.6) is 0 Å². The molecule has 2 aliphatic rings. The van der Waals surface area contributed by atoms with Crippen LogP contribution in [0.15, 0.2) is 0 Å². The molecule has 2 fully saturated rings. The van der Waals surface area contributed by atoms with Gasteiger partial charge in [0.1, 0.15) is 11.8 Å². The number of piperidine rings is 1. The van der Waals surface area contributed by atoms with Crippen molar-refractivity contribution >= 4 is 0 Å². The molecular formula is C17H33NO4. The third-order valence-corrected chi connectivity index (χ3v) is 5.65. The number of hydrogen-bond donors (Lipinski definition) is 4. The average Bonchev–Trinajstić information content (AvgIpc) is 2.80. The topological polar surface area (TPSA) is 84.2 Å². The summed E-state index contributed by atoms with van der Waals surface area (Å²) < 4.78 is 0. The van der Waals surface area contributed by atoms with Crippen molar-refractivity contribution < 1.29 is 20.4 Å². The van der Waals surface area contributed by atoms with E-state index in [9.17, 15) is 20.4 Å². The fourth-order valence-electron chi connectivity index (χ4n) is 4.27. The SMILES string of the molecule is CCCCCCCCCN1[C@@H]2CC[C@@]1(O)[C@@H](O)[C@H](O)[C@H]2CO. The van der Waals surface area contributed by atoms with Gasteiger partial charge in [0.25, 0.3) is 0 Å². The van der Waals surface area contributed by atoms with Crippen LogP contribution in [0, 0.1) is 5.92 Å². The summed E-state index contributed by atoms with van der Waals surface area (Å²) in [4.78, 5) is 1.94. The highest BCUT2D eigenvalue weighted by atomic mass is 16.4. The zero-order valence-electron chi connectivity index (χ0n) is 13.8. The van der Waals surface area contributed by atoms with Gasteiger partial charge in [-0.15, -0.1) is 0 Å². The van der Waals surface area contributed by atoms with Crippen molar-refractivity contribution in [3.05, 3.63) is 0 Å². The van der Waals surface area contributed by atoms with Gasteiger partial charge in [0, 0.05) is 25.1 Å². The highest BCUT2D eigenvalue weighted by Crippen LogP contribution is 2.45. The fraction of sp³-hybridized carbons (Fsp3) is 1.00. The van der Waals surface area contributed by atoms with Crippen LogP contribution in [0.4, 0.5) is 0 Å². The quantitative estimate of drug-likeness (QED) is 0.481. The van der Waals surface area contributed by atoms with Crippen molar-refractivity contribution in [3.8, 4) is 0 Å². The summed E-state index contributed by atoms with van der Waals surface area (Å²) in [7, 11) is 0. The highest BCUT2D eigenvalue weighted by Gasteiger charge is 2.60. The zero-order chi connectivity index (χ0) is 16.2. The van der Waals surface area contributed by atoms with Gasteiger partial charge in [-0.25, -0.2) is 0 Å². The molecule has 2 bridgehead atoms. The molecule has 2 aliphatic heterocycles. The van der Waals surface area contributed by atoms with Gasteiger partial charge in [0.2, 0.25) is 0 Å². The van der Waals surface area contributed by atoms with E-state index in [0.29, 0.717) is 6.42 Å². The van der Waals surface area contributed by atoms with E-state index in [1.54, 1.807) is 0 Å². The van der Waals surface area contributed by atoms with Gasteiger partial charge in [-0.2, -0.15) is 0 Å².